The predicted molar refractivity (Wildman–Crippen MR) is 65.7 cm³/mol. The number of hydrogen-bond donors (Lipinski definition) is 2. The fourth-order valence-corrected chi connectivity index (χ4v) is 2.90. The third-order valence-electron chi connectivity index (χ3n) is 3.49. The van der Waals surface area contributed by atoms with Crippen LogP contribution in [0.5, 0.6) is 0 Å². The first-order chi connectivity index (χ1) is 7.49. The summed E-state index contributed by atoms with van der Waals surface area (Å²) in [4.78, 5) is 0. The lowest BCUT2D eigenvalue weighted by Gasteiger charge is -2.31. The molecule has 0 saturated heterocycles. The van der Waals surface area contributed by atoms with Gasteiger partial charge in [-0.25, -0.2) is 0 Å². The van der Waals surface area contributed by atoms with E-state index in [2.05, 4.69) is 13.8 Å². The first-order valence-corrected chi connectivity index (χ1v) is 6.17. The van der Waals surface area contributed by atoms with Crippen molar-refractivity contribution in [2.24, 2.45) is 5.73 Å². The minimum absolute atomic E-state index is 0.0154. The molecule has 0 bridgehead atoms. The summed E-state index contributed by atoms with van der Waals surface area (Å²) in [5.41, 5.74) is 7.78. The molecule has 2 rings (SSSR count). The molecule has 1 heterocycles. The Labute approximate surface area is 101 Å². The highest BCUT2D eigenvalue weighted by molar-refractivity contribution is 6.30. The van der Waals surface area contributed by atoms with E-state index >= 15 is 0 Å². The van der Waals surface area contributed by atoms with Crippen LogP contribution in [0.1, 0.15) is 43.9 Å². The van der Waals surface area contributed by atoms with E-state index in [-0.39, 0.29) is 6.61 Å². The second-order valence-corrected chi connectivity index (χ2v) is 5.34. The average molecular weight is 243 g/mol. The topological polar surface area (TPSA) is 51.2 Å². The van der Waals surface area contributed by atoms with Gasteiger partial charge in [-0.05, 0) is 44.2 Å². The number of aromatic nitrogens is 1. The largest absolute Gasteiger partial charge is 0.394 e. The zero-order valence-electron chi connectivity index (χ0n) is 9.83. The maximum Gasteiger partial charge on any atom is 0.112 e. The standard InChI is InChI=1S/C12H19ClN2O/c1-8(2)15-6-10-9(11(15)13)4-3-5-12(10,14)7-16/h6,8,16H,3-5,7,14H2,1-2H3. The van der Waals surface area contributed by atoms with E-state index in [0.717, 1.165) is 35.5 Å². The summed E-state index contributed by atoms with van der Waals surface area (Å²) in [6.45, 7) is 4.17. The first kappa shape index (κ1) is 12.0. The summed E-state index contributed by atoms with van der Waals surface area (Å²) in [7, 11) is 0. The summed E-state index contributed by atoms with van der Waals surface area (Å²) < 4.78 is 2.04. The highest BCUT2D eigenvalue weighted by Crippen LogP contribution is 2.39. The van der Waals surface area contributed by atoms with Gasteiger partial charge in [-0.15, -0.1) is 0 Å². The van der Waals surface area contributed by atoms with Crippen LogP contribution in [-0.4, -0.2) is 16.3 Å². The van der Waals surface area contributed by atoms with Crippen LogP contribution in [0.3, 0.4) is 0 Å². The Kier molecular flexibility index (Phi) is 3.03. The third kappa shape index (κ3) is 1.67. The van der Waals surface area contributed by atoms with Gasteiger partial charge in [0.15, 0.2) is 0 Å². The molecular weight excluding hydrogens is 224 g/mol. The van der Waals surface area contributed by atoms with Gasteiger partial charge in [0.1, 0.15) is 5.15 Å². The summed E-state index contributed by atoms with van der Waals surface area (Å²) in [5, 5.41) is 10.2. The van der Waals surface area contributed by atoms with E-state index in [9.17, 15) is 5.11 Å². The molecule has 1 aliphatic rings. The molecule has 0 fully saturated rings. The zero-order valence-corrected chi connectivity index (χ0v) is 10.6. The molecule has 0 spiro atoms. The van der Waals surface area contributed by atoms with Crippen LogP contribution in [0.4, 0.5) is 0 Å². The van der Waals surface area contributed by atoms with Crippen molar-refractivity contribution in [3.8, 4) is 0 Å². The van der Waals surface area contributed by atoms with E-state index < -0.39 is 5.54 Å². The molecular formula is C12H19ClN2O. The molecule has 1 atom stereocenters. The van der Waals surface area contributed by atoms with Crippen LogP contribution in [0.15, 0.2) is 6.20 Å². The van der Waals surface area contributed by atoms with Crippen molar-refractivity contribution in [2.75, 3.05) is 6.61 Å². The minimum Gasteiger partial charge on any atom is -0.394 e. The van der Waals surface area contributed by atoms with Gasteiger partial charge in [-0.2, -0.15) is 0 Å². The van der Waals surface area contributed by atoms with Crippen molar-refractivity contribution in [3.05, 3.63) is 22.5 Å². The van der Waals surface area contributed by atoms with Crippen LogP contribution in [0.2, 0.25) is 5.15 Å². The molecule has 0 aliphatic heterocycles. The van der Waals surface area contributed by atoms with Crippen molar-refractivity contribution in [2.45, 2.75) is 44.7 Å². The monoisotopic (exact) mass is 242 g/mol. The molecule has 0 radical (unpaired) electrons. The second kappa shape index (κ2) is 4.06. The Morgan fingerprint density at radius 1 is 1.62 bits per heavy atom. The second-order valence-electron chi connectivity index (χ2n) is 4.98. The van der Waals surface area contributed by atoms with Gasteiger partial charge >= 0.3 is 0 Å². The average Bonchev–Trinajstić information content (AvgIpc) is 2.59. The number of fused-ring (bicyclic) bond motifs is 1. The predicted octanol–water partition coefficient (Wildman–Crippen LogP) is 2.20. The first-order valence-electron chi connectivity index (χ1n) is 5.79. The smallest absolute Gasteiger partial charge is 0.112 e. The lowest BCUT2D eigenvalue weighted by atomic mass is 9.80. The minimum atomic E-state index is -0.600. The van der Waals surface area contributed by atoms with Crippen molar-refractivity contribution in [1.29, 1.82) is 0 Å². The van der Waals surface area contributed by atoms with Gasteiger partial charge in [0.05, 0.1) is 12.1 Å². The summed E-state index contributed by atoms with van der Waals surface area (Å²) in [6, 6.07) is 0.320. The van der Waals surface area contributed by atoms with Crippen LogP contribution in [0.25, 0.3) is 0 Å². The molecule has 1 aliphatic carbocycles. The SMILES string of the molecule is CC(C)n1cc2c(c1Cl)CCCC2(N)CO. The summed E-state index contributed by atoms with van der Waals surface area (Å²) >= 11 is 6.35. The third-order valence-corrected chi connectivity index (χ3v) is 3.92. The van der Waals surface area contributed by atoms with E-state index in [4.69, 9.17) is 17.3 Å². The fourth-order valence-electron chi connectivity index (χ4n) is 2.46. The number of rotatable bonds is 2. The molecule has 16 heavy (non-hydrogen) atoms. The number of aliphatic hydroxyl groups excluding tert-OH is 1. The van der Waals surface area contributed by atoms with Crippen molar-refractivity contribution in [3.63, 3.8) is 0 Å². The van der Waals surface area contributed by atoms with Crippen LogP contribution >= 0.6 is 11.6 Å². The van der Waals surface area contributed by atoms with Gasteiger partial charge in [0, 0.05) is 12.2 Å². The summed E-state index contributed by atoms with van der Waals surface area (Å²) in [6.07, 6.45) is 4.80. The summed E-state index contributed by atoms with van der Waals surface area (Å²) in [5.74, 6) is 0. The van der Waals surface area contributed by atoms with Crippen molar-refractivity contribution in [1.82, 2.24) is 4.57 Å². The highest BCUT2D eigenvalue weighted by atomic mass is 35.5. The Morgan fingerprint density at radius 3 is 2.88 bits per heavy atom. The van der Waals surface area contributed by atoms with Crippen LogP contribution in [0, 0.1) is 0 Å². The molecule has 4 heteroatoms. The molecule has 3 N–H and O–H groups in total. The molecule has 90 valence electrons. The number of nitrogens with zero attached hydrogens (tertiary/aromatic N) is 1. The van der Waals surface area contributed by atoms with E-state index in [1.807, 2.05) is 10.8 Å². The number of aliphatic hydroxyl groups is 1. The molecule has 1 aromatic rings. The fraction of sp³-hybridized carbons (Fsp3) is 0.667. The molecule has 0 saturated carbocycles. The maximum atomic E-state index is 9.46. The molecule has 1 aromatic heterocycles. The van der Waals surface area contributed by atoms with Crippen LogP contribution < -0.4 is 5.73 Å². The van der Waals surface area contributed by atoms with Gasteiger partial charge in [0.25, 0.3) is 0 Å². The molecule has 0 amide bonds. The normalized spacial score (nSPS) is 24.9. The van der Waals surface area contributed by atoms with E-state index in [0.29, 0.717) is 6.04 Å². The Bertz CT molecular complexity index is 400. The van der Waals surface area contributed by atoms with Crippen molar-refractivity contribution < 1.29 is 5.11 Å². The number of nitrogens with two attached hydrogens (primary N) is 1. The molecule has 3 nitrogen and oxygen atoms in total. The Morgan fingerprint density at radius 2 is 2.31 bits per heavy atom. The number of hydrogen-bond acceptors (Lipinski definition) is 2. The Hall–Kier alpha value is -0.510. The van der Waals surface area contributed by atoms with E-state index in [1.165, 1.54) is 0 Å². The quantitative estimate of drug-likeness (QED) is 0.836. The zero-order chi connectivity index (χ0) is 11.9. The molecule has 0 aromatic carbocycles. The van der Waals surface area contributed by atoms with Crippen LogP contribution in [-0.2, 0) is 12.0 Å². The van der Waals surface area contributed by atoms with Gasteiger partial charge in [-0.1, -0.05) is 11.6 Å². The Balaban J connectivity index is 2.54. The number of halogens is 1. The maximum absolute atomic E-state index is 9.46. The van der Waals surface area contributed by atoms with E-state index in [1.54, 1.807) is 0 Å². The van der Waals surface area contributed by atoms with Gasteiger partial charge < -0.3 is 15.4 Å². The van der Waals surface area contributed by atoms with Crippen molar-refractivity contribution >= 4 is 11.6 Å². The van der Waals surface area contributed by atoms with Gasteiger partial charge in [-0.3, -0.25) is 0 Å². The van der Waals surface area contributed by atoms with Gasteiger partial charge in [0.2, 0.25) is 0 Å². The highest BCUT2D eigenvalue weighted by Gasteiger charge is 2.35. The lowest BCUT2D eigenvalue weighted by Crippen LogP contribution is -2.42. The molecule has 1 unspecified atom stereocenters. The lowest BCUT2D eigenvalue weighted by molar-refractivity contribution is 0.179.